The summed E-state index contributed by atoms with van der Waals surface area (Å²) in [5, 5.41) is 0. The second-order valence-electron chi connectivity index (χ2n) is 6.03. The van der Waals surface area contributed by atoms with Crippen LogP contribution in [0.15, 0.2) is 18.2 Å². The van der Waals surface area contributed by atoms with Gasteiger partial charge >= 0.3 is 5.97 Å². The van der Waals surface area contributed by atoms with E-state index in [-0.39, 0.29) is 18.2 Å². The Morgan fingerprint density at radius 1 is 1.23 bits per heavy atom. The number of ether oxygens (including phenoxy) is 2. The Morgan fingerprint density at radius 2 is 1.91 bits per heavy atom. The largest absolute Gasteiger partial charge is 0.497 e. The van der Waals surface area contributed by atoms with Crippen molar-refractivity contribution in [2.24, 2.45) is 5.41 Å². The Balaban J connectivity index is 2.66. The van der Waals surface area contributed by atoms with Crippen molar-refractivity contribution in [3.63, 3.8) is 0 Å². The molecule has 0 saturated carbocycles. The van der Waals surface area contributed by atoms with E-state index < -0.39 is 11.4 Å². The number of rotatable bonds is 4. The quantitative estimate of drug-likeness (QED) is 0.641. The fraction of sp³-hybridized carbons (Fsp3) is 0.438. The summed E-state index contributed by atoms with van der Waals surface area (Å²) in [7, 11) is 2.87. The Hall–Kier alpha value is -2.37. The number of carbonyl (C=O) groups is 2. The van der Waals surface area contributed by atoms with Crippen molar-refractivity contribution in [1.82, 2.24) is 9.55 Å². The van der Waals surface area contributed by atoms with E-state index in [9.17, 15) is 9.59 Å². The van der Waals surface area contributed by atoms with Gasteiger partial charge in [0.15, 0.2) is 5.82 Å². The van der Waals surface area contributed by atoms with Crippen LogP contribution >= 0.6 is 0 Å². The highest BCUT2D eigenvalue weighted by atomic mass is 16.5. The number of methoxy groups -OCH3 is 2. The number of carbonyl (C=O) groups excluding carboxylic acids is 2. The lowest BCUT2D eigenvalue weighted by molar-refractivity contribution is -0.141. The molecule has 0 saturated heterocycles. The molecule has 6 heteroatoms. The van der Waals surface area contributed by atoms with E-state index in [1.54, 1.807) is 29.9 Å². The van der Waals surface area contributed by atoms with Gasteiger partial charge in [0.25, 0.3) is 0 Å². The summed E-state index contributed by atoms with van der Waals surface area (Å²) in [5.74, 6) is 0.311. The van der Waals surface area contributed by atoms with Gasteiger partial charge in [0.1, 0.15) is 12.3 Å². The Morgan fingerprint density at radius 3 is 2.45 bits per heavy atom. The van der Waals surface area contributed by atoms with Gasteiger partial charge < -0.3 is 14.0 Å². The van der Waals surface area contributed by atoms with Crippen molar-refractivity contribution in [3.8, 4) is 5.75 Å². The van der Waals surface area contributed by atoms with Crippen LogP contribution in [0.2, 0.25) is 0 Å². The van der Waals surface area contributed by atoms with Crippen LogP contribution in [0.4, 0.5) is 0 Å². The van der Waals surface area contributed by atoms with E-state index in [0.717, 1.165) is 0 Å². The number of ketones is 1. The minimum atomic E-state index is -0.598. The molecule has 1 aromatic carbocycles. The third kappa shape index (κ3) is 2.95. The molecule has 0 atom stereocenters. The standard InChI is InChI=1S/C16H20N2O4/c1-16(2,3)14(20)15-17-11-7-6-10(21-4)8-12(11)18(15)9-13(19)22-5/h6-8H,9H2,1-5H3. The number of Topliss-reactive ketones (excluding diaryl/α,β-unsaturated/α-hetero) is 1. The Labute approximate surface area is 129 Å². The van der Waals surface area contributed by atoms with Gasteiger partial charge in [-0.25, -0.2) is 4.98 Å². The number of esters is 1. The number of benzene rings is 1. The molecule has 0 N–H and O–H groups in total. The van der Waals surface area contributed by atoms with Crippen molar-refractivity contribution >= 4 is 22.8 Å². The molecule has 0 amide bonds. The molecule has 0 aliphatic carbocycles. The van der Waals surface area contributed by atoms with E-state index in [1.165, 1.54) is 7.11 Å². The predicted octanol–water partition coefficient (Wildman–Crippen LogP) is 2.45. The molecule has 2 rings (SSSR count). The molecule has 22 heavy (non-hydrogen) atoms. The molecule has 118 valence electrons. The van der Waals surface area contributed by atoms with Crippen LogP contribution in [0, 0.1) is 5.41 Å². The van der Waals surface area contributed by atoms with E-state index in [1.807, 2.05) is 20.8 Å². The molecular weight excluding hydrogens is 284 g/mol. The van der Waals surface area contributed by atoms with Gasteiger partial charge in [-0.1, -0.05) is 20.8 Å². The zero-order chi connectivity index (χ0) is 16.5. The van der Waals surface area contributed by atoms with Crippen molar-refractivity contribution in [1.29, 1.82) is 0 Å². The van der Waals surface area contributed by atoms with Crippen LogP contribution in [0.3, 0.4) is 0 Å². The summed E-state index contributed by atoms with van der Waals surface area (Å²) < 4.78 is 11.5. The van der Waals surface area contributed by atoms with Gasteiger partial charge in [-0.15, -0.1) is 0 Å². The first-order valence-corrected chi connectivity index (χ1v) is 6.94. The van der Waals surface area contributed by atoms with Crippen molar-refractivity contribution < 1.29 is 19.1 Å². The first-order valence-electron chi connectivity index (χ1n) is 6.94. The normalized spacial score (nSPS) is 11.5. The molecule has 0 bridgehead atoms. The lowest BCUT2D eigenvalue weighted by Crippen LogP contribution is -2.26. The number of hydrogen-bond donors (Lipinski definition) is 0. The fourth-order valence-corrected chi connectivity index (χ4v) is 2.09. The molecule has 0 spiro atoms. The first kappa shape index (κ1) is 16.0. The predicted molar refractivity (Wildman–Crippen MR) is 82.1 cm³/mol. The molecular formula is C16H20N2O4. The first-order chi connectivity index (χ1) is 10.3. The zero-order valence-corrected chi connectivity index (χ0v) is 13.5. The number of aromatic nitrogens is 2. The van der Waals surface area contributed by atoms with E-state index in [2.05, 4.69) is 4.98 Å². The molecule has 0 aliphatic rings. The van der Waals surface area contributed by atoms with E-state index in [4.69, 9.17) is 9.47 Å². The monoisotopic (exact) mass is 304 g/mol. The Bertz CT molecular complexity index is 726. The highest BCUT2D eigenvalue weighted by Crippen LogP contribution is 2.26. The minimum absolute atomic E-state index is 0.0721. The van der Waals surface area contributed by atoms with Crippen molar-refractivity contribution in [3.05, 3.63) is 24.0 Å². The molecule has 6 nitrogen and oxygen atoms in total. The number of imidazole rings is 1. The lowest BCUT2D eigenvalue weighted by atomic mass is 9.90. The fourth-order valence-electron chi connectivity index (χ4n) is 2.09. The van der Waals surface area contributed by atoms with E-state index in [0.29, 0.717) is 16.8 Å². The zero-order valence-electron chi connectivity index (χ0n) is 13.5. The molecule has 0 fully saturated rings. The maximum absolute atomic E-state index is 12.6. The smallest absolute Gasteiger partial charge is 0.325 e. The molecule has 0 aliphatic heterocycles. The van der Waals surface area contributed by atoms with Crippen LogP contribution in [0.1, 0.15) is 31.4 Å². The van der Waals surface area contributed by atoms with Crippen LogP contribution in [0.5, 0.6) is 5.75 Å². The van der Waals surface area contributed by atoms with Gasteiger partial charge in [-0.05, 0) is 12.1 Å². The molecule has 0 unspecified atom stereocenters. The average Bonchev–Trinajstić information content (AvgIpc) is 2.82. The van der Waals surface area contributed by atoms with Crippen LogP contribution in [-0.4, -0.2) is 35.5 Å². The van der Waals surface area contributed by atoms with E-state index >= 15 is 0 Å². The second kappa shape index (κ2) is 5.79. The summed E-state index contributed by atoms with van der Waals surface area (Å²) in [6.45, 7) is 5.38. The summed E-state index contributed by atoms with van der Waals surface area (Å²) in [6.07, 6.45) is 0. The molecule has 0 radical (unpaired) electrons. The summed E-state index contributed by atoms with van der Waals surface area (Å²) >= 11 is 0. The minimum Gasteiger partial charge on any atom is -0.497 e. The van der Waals surface area contributed by atoms with Gasteiger partial charge in [0.2, 0.25) is 5.78 Å². The number of hydrogen-bond acceptors (Lipinski definition) is 5. The maximum Gasteiger partial charge on any atom is 0.325 e. The number of nitrogens with zero attached hydrogens (tertiary/aromatic N) is 2. The van der Waals surface area contributed by atoms with Crippen molar-refractivity contribution in [2.45, 2.75) is 27.3 Å². The van der Waals surface area contributed by atoms with Gasteiger partial charge in [0.05, 0.1) is 25.3 Å². The van der Waals surface area contributed by atoms with Crippen LogP contribution < -0.4 is 4.74 Å². The van der Waals surface area contributed by atoms with Crippen LogP contribution in [0.25, 0.3) is 11.0 Å². The molecule has 1 aromatic heterocycles. The molecule has 1 heterocycles. The molecule has 2 aromatic rings. The second-order valence-corrected chi connectivity index (χ2v) is 6.03. The summed E-state index contributed by atoms with van der Waals surface area (Å²) in [6, 6.07) is 5.29. The average molecular weight is 304 g/mol. The number of fused-ring (bicyclic) bond motifs is 1. The third-order valence-electron chi connectivity index (χ3n) is 3.35. The van der Waals surface area contributed by atoms with Crippen LogP contribution in [-0.2, 0) is 16.1 Å². The van der Waals surface area contributed by atoms with Crippen molar-refractivity contribution in [2.75, 3.05) is 14.2 Å². The highest BCUT2D eigenvalue weighted by molar-refractivity contribution is 6.00. The topological polar surface area (TPSA) is 70.4 Å². The van der Waals surface area contributed by atoms with Gasteiger partial charge in [0, 0.05) is 11.5 Å². The highest BCUT2D eigenvalue weighted by Gasteiger charge is 2.29. The Kier molecular flexibility index (Phi) is 4.21. The van der Waals surface area contributed by atoms with Gasteiger partial charge in [-0.3, -0.25) is 9.59 Å². The maximum atomic E-state index is 12.6. The SMILES string of the molecule is COC(=O)Cn1c(C(=O)C(C)(C)C)nc2ccc(OC)cc21. The lowest BCUT2D eigenvalue weighted by Gasteiger charge is -2.17. The third-order valence-corrected chi connectivity index (χ3v) is 3.35. The summed E-state index contributed by atoms with van der Waals surface area (Å²) in [4.78, 5) is 28.7. The van der Waals surface area contributed by atoms with Gasteiger partial charge in [-0.2, -0.15) is 0 Å². The summed E-state index contributed by atoms with van der Waals surface area (Å²) in [5.41, 5.74) is 0.703.